The van der Waals surface area contributed by atoms with Crippen LogP contribution >= 0.6 is 0 Å². The lowest BCUT2D eigenvalue weighted by Gasteiger charge is -2.09. The van der Waals surface area contributed by atoms with E-state index in [1.54, 1.807) is 6.92 Å². The zero-order valence-corrected chi connectivity index (χ0v) is 7.54. The molecule has 72 valence electrons. The summed E-state index contributed by atoms with van der Waals surface area (Å²) in [5.74, 6) is -1.09. The first-order valence-electron chi connectivity index (χ1n) is 3.88. The number of halogens is 1. The monoisotopic (exact) mass is 185 g/mol. The average molecular weight is 185 g/mol. The van der Waals surface area contributed by atoms with Gasteiger partial charge in [-0.3, -0.25) is 0 Å². The summed E-state index contributed by atoms with van der Waals surface area (Å²) in [6.07, 6.45) is 0. The minimum Gasteiger partial charge on any atom is -0.502 e. The Balaban J connectivity index is 3.22. The maximum absolute atomic E-state index is 13.0. The molecular weight excluding hydrogens is 173 g/mol. The second-order valence-electron chi connectivity index (χ2n) is 2.84. The van der Waals surface area contributed by atoms with Crippen molar-refractivity contribution in [1.29, 1.82) is 0 Å². The van der Waals surface area contributed by atoms with Crippen molar-refractivity contribution in [1.82, 2.24) is 0 Å². The van der Waals surface area contributed by atoms with Crippen LogP contribution in [-0.2, 0) is 0 Å². The normalized spacial score (nSPS) is 12.6. The predicted molar refractivity (Wildman–Crippen MR) is 47.2 cm³/mol. The molecule has 0 spiro atoms. The molecule has 1 rings (SSSR count). The first-order chi connectivity index (χ1) is 6.06. The maximum Gasteiger partial charge on any atom is 0.194 e. The van der Waals surface area contributed by atoms with Crippen molar-refractivity contribution >= 4 is 0 Å². The minimum absolute atomic E-state index is 0.104. The van der Waals surface area contributed by atoms with Gasteiger partial charge in [-0.25, -0.2) is 4.39 Å². The Morgan fingerprint density at radius 1 is 1.54 bits per heavy atom. The number of ether oxygens (including phenoxy) is 1. The molecule has 0 heterocycles. The van der Waals surface area contributed by atoms with E-state index >= 15 is 0 Å². The van der Waals surface area contributed by atoms with Crippen LogP contribution in [-0.4, -0.2) is 12.2 Å². The summed E-state index contributed by atoms with van der Waals surface area (Å²) in [5.41, 5.74) is 6.14. The molecule has 0 saturated carbocycles. The van der Waals surface area contributed by atoms with Crippen LogP contribution in [0.15, 0.2) is 12.1 Å². The van der Waals surface area contributed by atoms with Gasteiger partial charge < -0.3 is 15.6 Å². The highest BCUT2D eigenvalue weighted by Gasteiger charge is 2.11. The van der Waals surface area contributed by atoms with Gasteiger partial charge in [0.2, 0.25) is 0 Å². The number of phenols is 1. The fourth-order valence-corrected chi connectivity index (χ4v) is 1.01. The quantitative estimate of drug-likeness (QED) is 0.735. The molecule has 3 nitrogen and oxygen atoms in total. The summed E-state index contributed by atoms with van der Waals surface area (Å²) in [7, 11) is 1.36. The van der Waals surface area contributed by atoms with E-state index in [0.717, 1.165) is 0 Å². The highest BCUT2D eigenvalue weighted by atomic mass is 19.1. The molecule has 1 atom stereocenters. The number of aromatic hydroxyl groups is 1. The zero-order valence-electron chi connectivity index (χ0n) is 7.54. The second-order valence-corrected chi connectivity index (χ2v) is 2.84. The van der Waals surface area contributed by atoms with Crippen molar-refractivity contribution in [2.45, 2.75) is 13.0 Å². The molecule has 0 amide bonds. The van der Waals surface area contributed by atoms with Crippen LogP contribution < -0.4 is 10.5 Å². The fourth-order valence-electron chi connectivity index (χ4n) is 1.01. The van der Waals surface area contributed by atoms with Crippen molar-refractivity contribution in [2.75, 3.05) is 7.11 Å². The molecule has 0 aliphatic heterocycles. The van der Waals surface area contributed by atoms with E-state index in [1.807, 2.05) is 0 Å². The molecular formula is C9H12FNO2. The van der Waals surface area contributed by atoms with E-state index in [-0.39, 0.29) is 11.8 Å². The molecule has 1 aromatic rings. The van der Waals surface area contributed by atoms with Gasteiger partial charge in [-0.15, -0.1) is 0 Å². The average Bonchev–Trinajstić information content (AvgIpc) is 2.09. The van der Waals surface area contributed by atoms with E-state index < -0.39 is 11.6 Å². The lowest BCUT2D eigenvalue weighted by Crippen LogP contribution is -2.05. The predicted octanol–water partition coefficient (Wildman–Crippen LogP) is 1.56. The first-order valence-corrected chi connectivity index (χ1v) is 3.88. The van der Waals surface area contributed by atoms with Crippen LogP contribution in [0.5, 0.6) is 11.5 Å². The Morgan fingerprint density at radius 3 is 2.62 bits per heavy atom. The molecule has 0 bridgehead atoms. The molecule has 4 heteroatoms. The second kappa shape index (κ2) is 3.62. The summed E-state index contributed by atoms with van der Waals surface area (Å²) in [5, 5.41) is 9.16. The molecule has 0 saturated heterocycles. The highest BCUT2D eigenvalue weighted by molar-refractivity contribution is 5.43. The number of phenolic OH excluding ortho intramolecular Hbond substituents is 1. The molecule has 0 fully saturated rings. The standard InChI is InChI=1S/C9H12FNO2/c1-5(11)6-3-7(10)9(12)8(4-6)13-2/h3-5,12H,11H2,1-2H3/t5-/m0/s1. The van der Waals surface area contributed by atoms with Gasteiger partial charge in [0, 0.05) is 6.04 Å². The molecule has 0 aliphatic rings. The number of benzene rings is 1. The van der Waals surface area contributed by atoms with Crippen molar-refractivity contribution in [3.8, 4) is 11.5 Å². The molecule has 13 heavy (non-hydrogen) atoms. The van der Waals surface area contributed by atoms with Crippen molar-refractivity contribution < 1.29 is 14.2 Å². The number of rotatable bonds is 2. The third-order valence-electron chi connectivity index (χ3n) is 1.80. The van der Waals surface area contributed by atoms with Crippen LogP contribution in [0.4, 0.5) is 4.39 Å². The molecule has 0 radical (unpaired) electrons. The summed E-state index contributed by atoms with van der Waals surface area (Å²) in [4.78, 5) is 0. The Kier molecular flexibility index (Phi) is 2.72. The maximum atomic E-state index is 13.0. The van der Waals surface area contributed by atoms with Crippen molar-refractivity contribution in [3.63, 3.8) is 0 Å². The zero-order chi connectivity index (χ0) is 10.0. The van der Waals surface area contributed by atoms with Gasteiger partial charge in [0.05, 0.1) is 7.11 Å². The Hall–Kier alpha value is -1.29. The number of hydrogen-bond donors (Lipinski definition) is 2. The Morgan fingerprint density at radius 2 is 2.15 bits per heavy atom. The molecule has 0 aromatic heterocycles. The van der Waals surface area contributed by atoms with E-state index in [4.69, 9.17) is 15.6 Å². The number of hydrogen-bond acceptors (Lipinski definition) is 3. The SMILES string of the molecule is COc1cc([C@H](C)N)cc(F)c1O. The third-order valence-corrected chi connectivity index (χ3v) is 1.80. The minimum atomic E-state index is -0.716. The smallest absolute Gasteiger partial charge is 0.194 e. The summed E-state index contributed by atoms with van der Waals surface area (Å²) >= 11 is 0. The molecule has 0 unspecified atom stereocenters. The van der Waals surface area contributed by atoms with E-state index in [9.17, 15) is 4.39 Å². The topological polar surface area (TPSA) is 55.5 Å². The van der Waals surface area contributed by atoms with Gasteiger partial charge >= 0.3 is 0 Å². The van der Waals surface area contributed by atoms with Crippen molar-refractivity contribution in [3.05, 3.63) is 23.5 Å². The number of methoxy groups -OCH3 is 1. The molecule has 1 aromatic carbocycles. The summed E-state index contributed by atoms with van der Waals surface area (Å²) < 4.78 is 17.8. The lowest BCUT2D eigenvalue weighted by molar-refractivity contribution is 0.356. The van der Waals surface area contributed by atoms with Gasteiger partial charge in [-0.05, 0) is 24.6 Å². The van der Waals surface area contributed by atoms with Crippen LogP contribution in [0.2, 0.25) is 0 Å². The van der Waals surface area contributed by atoms with Gasteiger partial charge in [0.1, 0.15) is 0 Å². The van der Waals surface area contributed by atoms with E-state index in [0.29, 0.717) is 5.56 Å². The van der Waals surface area contributed by atoms with Crippen LogP contribution in [0.25, 0.3) is 0 Å². The van der Waals surface area contributed by atoms with E-state index in [2.05, 4.69) is 0 Å². The van der Waals surface area contributed by atoms with Gasteiger partial charge in [0.15, 0.2) is 17.3 Å². The summed E-state index contributed by atoms with van der Waals surface area (Å²) in [6, 6.07) is 2.43. The summed E-state index contributed by atoms with van der Waals surface area (Å²) in [6.45, 7) is 1.73. The van der Waals surface area contributed by atoms with Gasteiger partial charge in [0.25, 0.3) is 0 Å². The van der Waals surface area contributed by atoms with Gasteiger partial charge in [-0.2, -0.15) is 0 Å². The lowest BCUT2D eigenvalue weighted by atomic mass is 10.1. The van der Waals surface area contributed by atoms with Crippen LogP contribution in [0.3, 0.4) is 0 Å². The largest absolute Gasteiger partial charge is 0.502 e. The Labute approximate surface area is 75.9 Å². The van der Waals surface area contributed by atoms with Gasteiger partial charge in [-0.1, -0.05) is 0 Å². The Bertz CT molecular complexity index is 313. The van der Waals surface area contributed by atoms with Crippen molar-refractivity contribution in [2.24, 2.45) is 5.73 Å². The molecule has 0 aliphatic carbocycles. The fraction of sp³-hybridized carbons (Fsp3) is 0.333. The highest BCUT2D eigenvalue weighted by Crippen LogP contribution is 2.31. The third kappa shape index (κ3) is 1.89. The first kappa shape index (κ1) is 9.80. The number of nitrogens with two attached hydrogens (primary N) is 1. The van der Waals surface area contributed by atoms with Crippen LogP contribution in [0, 0.1) is 5.82 Å². The van der Waals surface area contributed by atoms with Crippen LogP contribution in [0.1, 0.15) is 18.5 Å². The molecule has 3 N–H and O–H groups in total. The van der Waals surface area contributed by atoms with E-state index in [1.165, 1.54) is 19.2 Å².